The molecule has 94 valence electrons. The van der Waals surface area contributed by atoms with E-state index in [1.165, 1.54) is 0 Å². The average Bonchev–Trinajstić information content (AvgIpc) is 2.45. The molecule has 0 spiro atoms. The molecule has 0 aliphatic rings. The van der Waals surface area contributed by atoms with E-state index in [4.69, 9.17) is 5.26 Å². The number of carbonyl (C=O) groups is 1. The largest absolute Gasteiger partial charge is 0.381 e. The van der Waals surface area contributed by atoms with E-state index >= 15 is 0 Å². The second kappa shape index (κ2) is 6.17. The van der Waals surface area contributed by atoms with Crippen molar-refractivity contribution in [1.82, 2.24) is 0 Å². The maximum Gasteiger partial charge on any atom is 0.150 e. The summed E-state index contributed by atoms with van der Waals surface area (Å²) in [5.74, 6) is 0. The fourth-order valence-electron chi connectivity index (χ4n) is 1.67. The molecule has 3 nitrogen and oxygen atoms in total. The average molecular weight is 315 g/mol. The van der Waals surface area contributed by atoms with Crippen LogP contribution >= 0.6 is 15.9 Å². The van der Waals surface area contributed by atoms with Crippen molar-refractivity contribution in [2.24, 2.45) is 0 Å². The number of anilines is 1. The number of nitrogens with zero attached hydrogens (tertiary/aromatic N) is 1. The lowest BCUT2D eigenvalue weighted by atomic mass is 10.1. The zero-order chi connectivity index (χ0) is 13.7. The third-order valence-electron chi connectivity index (χ3n) is 2.64. The van der Waals surface area contributed by atoms with E-state index in [2.05, 4.69) is 27.3 Å². The molecule has 0 heterocycles. The lowest BCUT2D eigenvalue weighted by molar-refractivity contribution is 0.112. The highest BCUT2D eigenvalue weighted by Gasteiger charge is 1.99. The van der Waals surface area contributed by atoms with Crippen LogP contribution in [0.5, 0.6) is 0 Å². The van der Waals surface area contributed by atoms with Crippen LogP contribution in [0.4, 0.5) is 5.69 Å². The maximum absolute atomic E-state index is 10.6. The molecule has 0 bridgehead atoms. The van der Waals surface area contributed by atoms with Crippen LogP contribution in [0.1, 0.15) is 21.5 Å². The van der Waals surface area contributed by atoms with Gasteiger partial charge in [-0.15, -0.1) is 0 Å². The van der Waals surface area contributed by atoms with Crippen molar-refractivity contribution in [3.05, 3.63) is 63.6 Å². The quantitative estimate of drug-likeness (QED) is 0.874. The van der Waals surface area contributed by atoms with E-state index in [9.17, 15) is 4.79 Å². The van der Waals surface area contributed by atoms with Gasteiger partial charge in [-0.05, 0) is 23.8 Å². The Morgan fingerprint density at radius 3 is 2.58 bits per heavy atom. The minimum Gasteiger partial charge on any atom is -0.381 e. The summed E-state index contributed by atoms with van der Waals surface area (Å²) in [5.41, 5.74) is 3.22. The van der Waals surface area contributed by atoms with Crippen LogP contribution < -0.4 is 5.32 Å². The van der Waals surface area contributed by atoms with Gasteiger partial charge < -0.3 is 5.32 Å². The van der Waals surface area contributed by atoms with Crippen LogP contribution in [0.3, 0.4) is 0 Å². The highest BCUT2D eigenvalue weighted by Crippen LogP contribution is 2.19. The van der Waals surface area contributed by atoms with Gasteiger partial charge in [-0.1, -0.05) is 40.2 Å². The van der Waals surface area contributed by atoms with Crippen molar-refractivity contribution in [1.29, 1.82) is 5.26 Å². The monoisotopic (exact) mass is 314 g/mol. The molecule has 2 aromatic carbocycles. The zero-order valence-corrected chi connectivity index (χ0v) is 11.6. The van der Waals surface area contributed by atoms with Crippen molar-refractivity contribution >= 4 is 27.9 Å². The summed E-state index contributed by atoms with van der Waals surface area (Å²) in [6, 6.07) is 15.0. The van der Waals surface area contributed by atoms with Crippen LogP contribution in [0.15, 0.2) is 46.9 Å². The fraction of sp³-hybridized carbons (Fsp3) is 0.0667. The van der Waals surface area contributed by atoms with Gasteiger partial charge in [-0.3, -0.25) is 4.79 Å². The molecule has 0 atom stereocenters. The lowest BCUT2D eigenvalue weighted by Gasteiger charge is -2.07. The van der Waals surface area contributed by atoms with Crippen molar-refractivity contribution in [2.45, 2.75) is 6.54 Å². The Kier molecular flexibility index (Phi) is 4.32. The second-order valence-electron chi connectivity index (χ2n) is 4.05. The summed E-state index contributed by atoms with van der Waals surface area (Å²) in [7, 11) is 0. The predicted octanol–water partition coefficient (Wildman–Crippen LogP) is 3.75. The van der Waals surface area contributed by atoms with Gasteiger partial charge in [-0.25, -0.2) is 0 Å². The number of rotatable bonds is 4. The highest BCUT2D eigenvalue weighted by atomic mass is 79.9. The van der Waals surface area contributed by atoms with E-state index in [1.807, 2.05) is 18.2 Å². The molecule has 0 amide bonds. The predicted molar refractivity (Wildman–Crippen MR) is 78.0 cm³/mol. The van der Waals surface area contributed by atoms with Gasteiger partial charge in [0.05, 0.1) is 11.6 Å². The third kappa shape index (κ3) is 3.67. The van der Waals surface area contributed by atoms with Gasteiger partial charge in [0.25, 0.3) is 0 Å². The summed E-state index contributed by atoms with van der Waals surface area (Å²) in [6.07, 6.45) is 0.824. The number of hydrogen-bond donors (Lipinski definition) is 1. The molecule has 0 unspecified atom stereocenters. The molecule has 0 aromatic heterocycles. The Balaban J connectivity index is 2.07. The van der Waals surface area contributed by atoms with Crippen molar-refractivity contribution in [3.63, 3.8) is 0 Å². The fourth-order valence-corrected chi connectivity index (χ4v) is 2.17. The van der Waals surface area contributed by atoms with E-state index in [-0.39, 0.29) is 0 Å². The summed E-state index contributed by atoms with van der Waals surface area (Å²) >= 11 is 3.37. The van der Waals surface area contributed by atoms with Gasteiger partial charge in [-0.2, -0.15) is 5.26 Å². The molecule has 0 saturated heterocycles. The molecule has 0 saturated carbocycles. The van der Waals surface area contributed by atoms with Crippen LogP contribution in [-0.4, -0.2) is 6.29 Å². The SMILES string of the molecule is N#Cc1cc(Br)cc(NCc2ccc(C=O)cc2)c1. The summed E-state index contributed by atoms with van der Waals surface area (Å²) < 4.78 is 0.866. The van der Waals surface area contributed by atoms with Crippen molar-refractivity contribution < 1.29 is 4.79 Å². The zero-order valence-electron chi connectivity index (χ0n) is 10.1. The number of halogens is 1. The normalized spacial score (nSPS) is 9.68. The van der Waals surface area contributed by atoms with E-state index < -0.39 is 0 Å². The smallest absolute Gasteiger partial charge is 0.150 e. The molecule has 0 radical (unpaired) electrons. The number of nitrogens with one attached hydrogen (secondary N) is 1. The maximum atomic E-state index is 10.6. The molecule has 19 heavy (non-hydrogen) atoms. The number of carbonyl (C=O) groups excluding carboxylic acids is 1. The first-order valence-electron chi connectivity index (χ1n) is 5.70. The third-order valence-corrected chi connectivity index (χ3v) is 3.10. The molecular formula is C15H11BrN2O. The Morgan fingerprint density at radius 2 is 1.95 bits per heavy atom. The first-order valence-corrected chi connectivity index (χ1v) is 6.49. The molecule has 1 N–H and O–H groups in total. The lowest BCUT2D eigenvalue weighted by Crippen LogP contribution is -1.99. The Bertz CT molecular complexity index is 630. The minimum atomic E-state index is 0.605. The Labute approximate surface area is 120 Å². The molecule has 0 aliphatic carbocycles. The van der Waals surface area contributed by atoms with Gasteiger partial charge >= 0.3 is 0 Å². The molecule has 0 aliphatic heterocycles. The number of hydrogen-bond acceptors (Lipinski definition) is 3. The molecule has 2 rings (SSSR count). The van der Waals surface area contributed by atoms with E-state index in [1.54, 1.807) is 24.3 Å². The number of nitriles is 1. The summed E-state index contributed by atoms with van der Waals surface area (Å²) in [6.45, 7) is 0.639. The number of benzene rings is 2. The van der Waals surface area contributed by atoms with Crippen LogP contribution in [0, 0.1) is 11.3 Å². The van der Waals surface area contributed by atoms with Crippen LogP contribution in [0.2, 0.25) is 0 Å². The van der Waals surface area contributed by atoms with E-state index in [0.29, 0.717) is 17.7 Å². The van der Waals surface area contributed by atoms with Crippen LogP contribution in [-0.2, 0) is 6.54 Å². The molecule has 2 aromatic rings. The first kappa shape index (κ1) is 13.3. The highest BCUT2D eigenvalue weighted by molar-refractivity contribution is 9.10. The molecule has 4 heteroatoms. The molecule has 0 fully saturated rings. The van der Waals surface area contributed by atoms with Gasteiger partial charge in [0.1, 0.15) is 6.29 Å². The second-order valence-corrected chi connectivity index (χ2v) is 4.97. The van der Waals surface area contributed by atoms with E-state index in [0.717, 1.165) is 22.0 Å². The van der Waals surface area contributed by atoms with Gasteiger partial charge in [0.2, 0.25) is 0 Å². The summed E-state index contributed by atoms with van der Waals surface area (Å²) in [4.78, 5) is 10.6. The number of aldehydes is 1. The summed E-state index contributed by atoms with van der Waals surface area (Å²) in [5, 5.41) is 12.1. The standard InChI is InChI=1S/C15H11BrN2O/c16-14-5-13(8-17)6-15(7-14)18-9-11-1-3-12(10-19)4-2-11/h1-7,10,18H,9H2. The van der Waals surface area contributed by atoms with Crippen molar-refractivity contribution in [3.8, 4) is 6.07 Å². The van der Waals surface area contributed by atoms with Crippen molar-refractivity contribution in [2.75, 3.05) is 5.32 Å². The molecular weight excluding hydrogens is 304 g/mol. The first-order chi connectivity index (χ1) is 9.21. The van der Waals surface area contributed by atoms with Gasteiger partial charge in [0, 0.05) is 22.3 Å². The van der Waals surface area contributed by atoms with Crippen LogP contribution in [0.25, 0.3) is 0 Å². The Hall–Kier alpha value is -2.12. The minimum absolute atomic E-state index is 0.605. The Morgan fingerprint density at radius 1 is 1.21 bits per heavy atom. The van der Waals surface area contributed by atoms with Gasteiger partial charge in [0.15, 0.2) is 0 Å². The topological polar surface area (TPSA) is 52.9 Å².